The summed E-state index contributed by atoms with van der Waals surface area (Å²) in [4.78, 5) is 2.05. The molecule has 0 spiro atoms. The van der Waals surface area contributed by atoms with Crippen LogP contribution in [0.2, 0.25) is 0 Å². The summed E-state index contributed by atoms with van der Waals surface area (Å²) in [5, 5.41) is 0. The Kier molecular flexibility index (Phi) is 2.75. The Hall–Kier alpha value is -0.940. The highest BCUT2D eigenvalue weighted by atomic mass is 35.7. The number of ether oxygens (including phenoxy) is 1. The van der Waals surface area contributed by atoms with Crippen molar-refractivity contribution in [1.82, 2.24) is 0 Å². The van der Waals surface area contributed by atoms with E-state index in [4.69, 9.17) is 15.4 Å². The zero-order valence-corrected chi connectivity index (χ0v) is 10.5. The molecule has 0 N–H and O–H groups in total. The van der Waals surface area contributed by atoms with E-state index in [0.717, 1.165) is 12.2 Å². The van der Waals surface area contributed by atoms with E-state index in [2.05, 4.69) is 0 Å². The van der Waals surface area contributed by atoms with Crippen LogP contribution in [0.5, 0.6) is 5.75 Å². The van der Waals surface area contributed by atoms with Crippen molar-refractivity contribution >= 4 is 25.4 Å². The molecular formula is C10H12ClNO3S. The van der Waals surface area contributed by atoms with Crippen LogP contribution < -0.4 is 9.64 Å². The molecule has 0 aliphatic carbocycles. The molecular weight excluding hydrogens is 250 g/mol. The summed E-state index contributed by atoms with van der Waals surface area (Å²) >= 11 is 0. The Balaban J connectivity index is 2.51. The van der Waals surface area contributed by atoms with Crippen molar-refractivity contribution in [2.45, 2.75) is 17.9 Å². The van der Waals surface area contributed by atoms with Crippen LogP contribution in [0, 0.1) is 0 Å². The fraction of sp³-hybridized carbons (Fsp3) is 0.400. The lowest BCUT2D eigenvalue weighted by Crippen LogP contribution is -2.35. The molecule has 88 valence electrons. The Labute approximate surface area is 99.2 Å². The molecule has 0 saturated heterocycles. The van der Waals surface area contributed by atoms with Crippen molar-refractivity contribution in [3.05, 3.63) is 18.2 Å². The van der Waals surface area contributed by atoms with E-state index >= 15 is 0 Å². The van der Waals surface area contributed by atoms with Crippen molar-refractivity contribution in [2.24, 2.45) is 0 Å². The van der Waals surface area contributed by atoms with E-state index in [1.807, 2.05) is 18.9 Å². The maximum Gasteiger partial charge on any atom is 0.261 e. The fourth-order valence-electron chi connectivity index (χ4n) is 1.78. The molecule has 1 atom stereocenters. The normalized spacial score (nSPS) is 20.2. The minimum absolute atomic E-state index is 0.0935. The van der Waals surface area contributed by atoms with Crippen molar-refractivity contribution in [1.29, 1.82) is 0 Å². The Morgan fingerprint density at radius 1 is 1.50 bits per heavy atom. The van der Waals surface area contributed by atoms with Gasteiger partial charge in [0.2, 0.25) is 0 Å². The van der Waals surface area contributed by atoms with E-state index in [1.54, 1.807) is 6.07 Å². The second kappa shape index (κ2) is 3.82. The summed E-state index contributed by atoms with van der Waals surface area (Å²) in [6, 6.07) is 4.62. The number of likely N-dealkylation sites (N-methyl/N-ethyl adjacent to an activating group) is 1. The average molecular weight is 262 g/mol. The Bertz CT molecular complexity index is 515. The van der Waals surface area contributed by atoms with Crippen molar-refractivity contribution in [2.75, 3.05) is 18.5 Å². The molecule has 16 heavy (non-hydrogen) atoms. The molecule has 0 bridgehead atoms. The highest BCUT2D eigenvalue weighted by Crippen LogP contribution is 2.35. The summed E-state index contributed by atoms with van der Waals surface area (Å²) in [7, 11) is 3.50. The first-order valence-electron chi connectivity index (χ1n) is 4.84. The SMILES string of the molecule is CC1CN(C)c2cc(S(=O)(=O)Cl)ccc2O1. The van der Waals surface area contributed by atoms with Gasteiger partial charge < -0.3 is 9.64 Å². The van der Waals surface area contributed by atoms with Gasteiger partial charge in [-0.25, -0.2) is 8.42 Å². The first-order valence-corrected chi connectivity index (χ1v) is 7.15. The topological polar surface area (TPSA) is 46.6 Å². The predicted octanol–water partition coefficient (Wildman–Crippen LogP) is 1.83. The standard InChI is InChI=1S/C10H12ClNO3S/c1-7-6-12(2)9-5-8(16(11,13)14)3-4-10(9)15-7/h3-5,7H,6H2,1-2H3. The minimum Gasteiger partial charge on any atom is -0.487 e. The predicted molar refractivity (Wildman–Crippen MR) is 62.8 cm³/mol. The molecule has 0 aromatic heterocycles. The first kappa shape index (κ1) is 11.5. The van der Waals surface area contributed by atoms with Gasteiger partial charge >= 0.3 is 0 Å². The monoisotopic (exact) mass is 261 g/mol. The van der Waals surface area contributed by atoms with Gasteiger partial charge in [0.25, 0.3) is 9.05 Å². The lowest BCUT2D eigenvalue weighted by molar-refractivity contribution is 0.215. The number of benzene rings is 1. The number of nitrogens with zero attached hydrogens (tertiary/aromatic N) is 1. The molecule has 0 fully saturated rings. The summed E-state index contributed by atoms with van der Waals surface area (Å²) < 4.78 is 28.0. The number of anilines is 1. The molecule has 2 rings (SSSR count). The molecule has 1 aliphatic heterocycles. The quantitative estimate of drug-likeness (QED) is 0.724. The van der Waals surface area contributed by atoms with Crippen molar-refractivity contribution in [3.8, 4) is 5.75 Å². The van der Waals surface area contributed by atoms with Gasteiger partial charge in [-0.2, -0.15) is 0 Å². The lowest BCUT2D eigenvalue weighted by atomic mass is 10.2. The van der Waals surface area contributed by atoms with Gasteiger partial charge in [-0.3, -0.25) is 0 Å². The molecule has 0 saturated carbocycles. The Morgan fingerprint density at radius 2 is 2.19 bits per heavy atom. The second-order valence-electron chi connectivity index (χ2n) is 3.88. The highest BCUT2D eigenvalue weighted by Gasteiger charge is 2.22. The van der Waals surface area contributed by atoms with Crippen LogP contribution in [0.3, 0.4) is 0 Å². The summed E-state index contributed by atoms with van der Waals surface area (Å²) in [6.45, 7) is 2.68. The Morgan fingerprint density at radius 3 is 2.81 bits per heavy atom. The van der Waals surface area contributed by atoms with E-state index in [9.17, 15) is 8.42 Å². The smallest absolute Gasteiger partial charge is 0.261 e. The van der Waals surface area contributed by atoms with Gasteiger partial charge in [0.1, 0.15) is 11.9 Å². The van der Waals surface area contributed by atoms with Crippen LogP contribution in [0.25, 0.3) is 0 Å². The number of fused-ring (bicyclic) bond motifs is 1. The first-order chi connectivity index (χ1) is 7.38. The third-order valence-corrected chi connectivity index (χ3v) is 3.83. The largest absolute Gasteiger partial charge is 0.487 e. The molecule has 6 heteroatoms. The van der Waals surface area contributed by atoms with E-state index in [1.165, 1.54) is 12.1 Å². The van der Waals surface area contributed by atoms with Gasteiger partial charge in [0.15, 0.2) is 0 Å². The number of halogens is 1. The van der Waals surface area contributed by atoms with Gasteiger partial charge in [-0.15, -0.1) is 0 Å². The van der Waals surface area contributed by atoms with Crippen LogP contribution in [0.15, 0.2) is 23.1 Å². The van der Waals surface area contributed by atoms with Crippen LogP contribution in [0.1, 0.15) is 6.92 Å². The minimum atomic E-state index is -3.68. The highest BCUT2D eigenvalue weighted by molar-refractivity contribution is 8.13. The molecule has 0 radical (unpaired) electrons. The summed E-state index contributed by atoms with van der Waals surface area (Å²) in [6.07, 6.45) is 0.0935. The van der Waals surface area contributed by atoms with Gasteiger partial charge in [0.05, 0.1) is 17.1 Å². The average Bonchev–Trinajstić information content (AvgIpc) is 2.15. The molecule has 1 aliphatic rings. The van der Waals surface area contributed by atoms with E-state index in [0.29, 0.717) is 5.75 Å². The van der Waals surface area contributed by atoms with Crippen molar-refractivity contribution < 1.29 is 13.2 Å². The zero-order chi connectivity index (χ0) is 11.9. The summed E-state index contributed by atoms with van der Waals surface area (Å²) in [5.41, 5.74) is 0.750. The molecule has 0 amide bonds. The molecule has 1 aromatic rings. The molecule has 4 nitrogen and oxygen atoms in total. The van der Waals surface area contributed by atoms with Crippen LogP contribution in [-0.4, -0.2) is 28.1 Å². The van der Waals surface area contributed by atoms with Crippen LogP contribution >= 0.6 is 10.7 Å². The second-order valence-corrected chi connectivity index (χ2v) is 6.44. The lowest BCUT2D eigenvalue weighted by Gasteiger charge is -2.32. The molecule has 1 aromatic carbocycles. The van der Waals surface area contributed by atoms with Gasteiger partial charge in [-0.05, 0) is 25.1 Å². The van der Waals surface area contributed by atoms with Crippen LogP contribution in [0.4, 0.5) is 5.69 Å². The van der Waals surface area contributed by atoms with Crippen LogP contribution in [-0.2, 0) is 9.05 Å². The molecule has 1 heterocycles. The summed E-state index contributed by atoms with van der Waals surface area (Å²) in [5.74, 6) is 0.685. The third kappa shape index (κ3) is 2.10. The van der Waals surface area contributed by atoms with Crippen molar-refractivity contribution in [3.63, 3.8) is 0 Å². The third-order valence-electron chi connectivity index (χ3n) is 2.48. The maximum absolute atomic E-state index is 11.2. The fourth-order valence-corrected chi connectivity index (χ4v) is 2.56. The van der Waals surface area contributed by atoms with E-state index in [-0.39, 0.29) is 11.0 Å². The van der Waals surface area contributed by atoms with Gasteiger partial charge in [-0.1, -0.05) is 0 Å². The number of hydrogen-bond donors (Lipinski definition) is 0. The molecule has 1 unspecified atom stereocenters. The zero-order valence-electron chi connectivity index (χ0n) is 8.97. The van der Waals surface area contributed by atoms with E-state index < -0.39 is 9.05 Å². The number of hydrogen-bond acceptors (Lipinski definition) is 4. The maximum atomic E-state index is 11.2. The number of rotatable bonds is 1. The van der Waals surface area contributed by atoms with Gasteiger partial charge in [0, 0.05) is 17.7 Å².